The molecule has 6 rings (SSSR count). The van der Waals surface area contributed by atoms with Gasteiger partial charge in [0.2, 0.25) is 5.91 Å². The van der Waals surface area contributed by atoms with Crippen molar-refractivity contribution in [1.29, 1.82) is 5.26 Å². The van der Waals surface area contributed by atoms with Gasteiger partial charge in [-0.25, -0.2) is 0 Å². The third-order valence-corrected chi connectivity index (χ3v) is 14.0. The van der Waals surface area contributed by atoms with Crippen LogP contribution >= 0.6 is 0 Å². The van der Waals surface area contributed by atoms with Crippen LogP contribution in [0.15, 0.2) is 35.6 Å². The van der Waals surface area contributed by atoms with Gasteiger partial charge < -0.3 is 15.3 Å². The molecule has 2 N–H and O–H groups in total. The van der Waals surface area contributed by atoms with Gasteiger partial charge >= 0.3 is 0 Å². The van der Waals surface area contributed by atoms with E-state index in [2.05, 4.69) is 51.1 Å². The summed E-state index contributed by atoms with van der Waals surface area (Å²) >= 11 is 0. The summed E-state index contributed by atoms with van der Waals surface area (Å²) in [6.45, 7) is 11.0. The second kappa shape index (κ2) is 10.7. The molecule has 2 amide bonds. The molecule has 252 valence electrons. The molecule has 5 aliphatic rings. The molecular weight excluding hydrogens is 594 g/mol. The zero-order valence-electron chi connectivity index (χ0n) is 28.9. The topological polar surface area (TPSA) is 145 Å². The van der Waals surface area contributed by atoms with Gasteiger partial charge in [-0.3, -0.25) is 23.9 Å². The first-order chi connectivity index (χ1) is 21.9. The minimum Gasteiger partial charge on any atom is -0.381 e. The molecule has 3 fully saturated rings. The Morgan fingerprint density at radius 3 is 2.49 bits per heavy atom. The summed E-state index contributed by atoms with van der Waals surface area (Å²) in [4.78, 5) is 54.6. The maximum Gasteiger partial charge on any atom is 0.272 e. The Hall–Kier alpha value is -3.58. The maximum absolute atomic E-state index is 14.6. The van der Waals surface area contributed by atoms with Gasteiger partial charge in [0.25, 0.3) is 5.91 Å². The lowest BCUT2D eigenvalue weighted by Crippen LogP contribution is -2.73. The molecule has 1 aromatic rings. The van der Waals surface area contributed by atoms with Crippen molar-refractivity contribution >= 4 is 23.4 Å². The van der Waals surface area contributed by atoms with Crippen LogP contribution in [-0.4, -0.2) is 68.9 Å². The number of aromatic nitrogens is 2. The van der Waals surface area contributed by atoms with Crippen LogP contribution in [0.1, 0.15) is 96.5 Å². The minimum atomic E-state index is -1.60. The van der Waals surface area contributed by atoms with Crippen LogP contribution < -0.4 is 5.32 Å². The molecule has 1 aromatic heterocycles. The maximum atomic E-state index is 14.6. The van der Waals surface area contributed by atoms with E-state index >= 15 is 0 Å². The van der Waals surface area contributed by atoms with Crippen LogP contribution in [0.25, 0.3) is 0 Å². The van der Waals surface area contributed by atoms with Crippen molar-refractivity contribution in [1.82, 2.24) is 20.0 Å². The third-order valence-electron chi connectivity index (χ3n) is 14.0. The molecule has 8 atom stereocenters. The quantitative estimate of drug-likeness (QED) is 0.487. The Balaban J connectivity index is 1.28. The van der Waals surface area contributed by atoms with Crippen molar-refractivity contribution in [3.8, 4) is 6.07 Å². The number of nitrogens with zero attached hydrogens (tertiary/aromatic N) is 4. The number of nitrogens with one attached hydrogen (secondary N) is 1. The van der Waals surface area contributed by atoms with Gasteiger partial charge in [0.1, 0.15) is 17.4 Å². The van der Waals surface area contributed by atoms with Crippen molar-refractivity contribution in [3.05, 3.63) is 41.3 Å². The van der Waals surface area contributed by atoms with E-state index in [0.29, 0.717) is 25.8 Å². The predicted molar refractivity (Wildman–Crippen MR) is 174 cm³/mol. The number of amides is 2. The fourth-order valence-corrected chi connectivity index (χ4v) is 10.7. The summed E-state index contributed by atoms with van der Waals surface area (Å²) in [5.41, 5.74) is -2.69. The molecule has 47 heavy (non-hydrogen) atoms. The van der Waals surface area contributed by atoms with Crippen LogP contribution in [-0.2, 0) is 21.4 Å². The van der Waals surface area contributed by atoms with Crippen LogP contribution in [0.2, 0.25) is 0 Å². The lowest BCUT2D eigenvalue weighted by Gasteiger charge is -2.71. The number of aryl methyl sites for hydroxylation is 1. The standard InChI is InChI=1S/C37H49N5O5/c1-32(22-41(6)30(45)21-39-31(46)25-9-15-42(7)40-25)11-12-33(2)13-14-36(5)35(4)10-8-24-16-26(43)23(20-38)18-34(24,3)27(35)17-29(44)37(36,47)28(33)19-32/h9,15,17-18,24,28,47H,8,10-14,16,19,21-22H2,1-7H3,(H,39,46)/t24-,28+,32-,33+,34-,35+,36-,37+/m0/s1. The van der Waals surface area contributed by atoms with E-state index in [0.717, 1.165) is 37.7 Å². The molecule has 10 heteroatoms. The third kappa shape index (κ3) is 4.70. The Morgan fingerprint density at radius 2 is 1.83 bits per heavy atom. The van der Waals surface area contributed by atoms with Crippen LogP contribution in [0.5, 0.6) is 0 Å². The largest absolute Gasteiger partial charge is 0.381 e. The van der Waals surface area contributed by atoms with Crippen LogP contribution in [0.3, 0.4) is 0 Å². The first-order valence-corrected chi connectivity index (χ1v) is 17.0. The monoisotopic (exact) mass is 643 g/mol. The van der Waals surface area contributed by atoms with E-state index < -0.39 is 27.8 Å². The van der Waals surface area contributed by atoms with Crippen molar-refractivity contribution in [2.45, 2.75) is 91.6 Å². The molecule has 0 aliphatic heterocycles. The number of likely N-dealkylation sites (N-methyl/N-ethyl adjacent to an activating group) is 1. The van der Waals surface area contributed by atoms with E-state index in [4.69, 9.17) is 0 Å². The number of hydrogen-bond acceptors (Lipinski definition) is 7. The molecule has 5 aliphatic carbocycles. The highest BCUT2D eigenvalue weighted by molar-refractivity contribution is 6.02. The van der Waals surface area contributed by atoms with Crippen molar-refractivity contribution in [2.75, 3.05) is 20.1 Å². The van der Waals surface area contributed by atoms with Gasteiger partial charge in [0, 0.05) is 50.0 Å². The Kier molecular flexibility index (Phi) is 7.60. The van der Waals surface area contributed by atoms with Crippen LogP contribution in [0, 0.1) is 50.2 Å². The number of nitriles is 1. The second-order valence-electron chi connectivity index (χ2n) is 16.7. The second-order valence-corrected chi connectivity index (χ2v) is 16.7. The summed E-state index contributed by atoms with van der Waals surface area (Å²) in [7, 11) is 3.47. The van der Waals surface area contributed by atoms with E-state index in [-0.39, 0.29) is 58.0 Å². The van der Waals surface area contributed by atoms with Crippen molar-refractivity contribution in [2.24, 2.45) is 46.0 Å². The zero-order valence-corrected chi connectivity index (χ0v) is 28.9. The SMILES string of the molecule is CN(C[C@@]1(C)CC[C@]2(C)CC[C@@]3(C)[C@]4(C)CC[C@H]5CC(=O)C(C#N)=C[C@]5(C)C4=CC(=O)[C@]3(O)[C@@H]2C1)C(=O)CNC(=O)c1ccn(C)n1. The smallest absolute Gasteiger partial charge is 0.272 e. The molecule has 0 spiro atoms. The molecule has 0 unspecified atom stereocenters. The van der Waals surface area contributed by atoms with Gasteiger partial charge in [-0.1, -0.05) is 40.7 Å². The lowest BCUT2D eigenvalue weighted by atomic mass is 9.33. The molecule has 0 aromatic carbocycles. The molecule has 0 radical (unpaired) electrons. The lowest BCUT2D eigenvalue weighted by molar-refractivity contribution is -0.242. The van der Waals surface area contributed by atoms with Crippen molar-refractivity contribution < 1.29 is 24.3 Å². The number of carbonyl (C=O) groups is 4. The molecule has 0 saturated heterocycles. The predicted octanol–water partition coefficient (Wildman–Crippen LogP) is 4.31. The number of fused-ring (bicyclic) bond motifs is 7. The molecule has 3 saturated carbocycles. The Labute approximate surface area is 277 Å². The number of rotatable bonds is 5. The molecule has 0 bridgehead atoms. The highest BCUT2D eigenvalue weighted by Gasteiger charge is 2.74. The fraction of sp³-hybridized carbons (Fsp3) is 0.676. The van der Waals surface area contributed by atoms with Gasteiger partial charge in [-0.05, 0) is 84.8 Å². The van der Waals surface area contributed by atoms with Crippen LogP contribution in [0.4, 0.5) is 0 Å². The number of aliphatic hydroxyl groups is 1. The van der Waals surface area contributed by atoms with Gasteiger partial charge in [-0.2, -0.15) is 10.4 Å². The molecule has 10 nitrogen and oxygen atoms in total. The molecule has 1 heterocycles. The first-order valence-electron chi connectivity index (χ1n) is 17.0. The average molecular weight is 644 g/mol. The summed E-state index contributed by atoms with van der Waals surface area (Å²) in [6.07, 6.45) is 10.9. The zero-order chi connectivity index (χ0) is 34.4. The first kappa shape index (κ1) is 33.3. The Morgan fingerprint density at radius 1 is 1.13 bits per heavy atom. The minimum absolute atomic E-state index is 0.0164. The number of Topliss-reactive ketones (excluding diaryl/α,β-unsaturated/α-hetero) is 1. The number of hydrogen-bond donors (Lipinski definition) is 2. The highest BCUT2D eigenvalue weighted by atomic mass is 16.3. The number of allylic oxidation sites excluding steroid dienone is 3. The van der Waals surface area contributed by atoms with Gasteiger partial charge in [-0.15, -0.1) is 0 Å². The number of ketones is 2. The average Bonchev–Trinajstić information content (AvgIpc) is 3.46. The van der Waals surface area contributed by atoms with E-state index in [1.165, 1.54) is 4.68 Å². The number of carbonyl (C=O) groups excluding carboxylic acids is 4. The van der Waals surface area contributed by atoms with Gasteiger partial charge in [0.05, 0.1) is 12.1 Å². The van der Waals surface area contributed by atoms with E-state index in [1.807, 2.05) is 6.08 Å². The normalized spacial score (nSPS) is 40.8. The fourth-order valence-electron chi connectivity index (χ4n) is 10.7. The van der Waals surface area contributed by atoms with E-state index in [9.17, 15) is 29.5 Å². The summed E-state index contributed by atoms with van der Waals surface area (Å²) < 4.78 is 1.53. The summed E-state index contributed by atoms with van der Waals surface area (Å²) in [5, 5.41) is 29.6. The Bertz CT molecular complexity index is 1670. The van der Waals surface area contributed by atoms with Gasteiger partial charge in [0.15, 0.2) is 11.6 Å². The van der Waals surface area contributed by atoms with E-state index in [1.54, 1.807) is 37.3 Å². The summed E-state index contributed by atoms with van der Waals surface area (Å²) in [6, 6.07) is 3.70. The summed E-state index contributed by atoms with van der Waals surface area (Å²) in [5.74, 6) is -1.31. The van der Waals surface area contributed by atoms with Crippen molar-refractivity contribution in [3.63, 3.8) is 0 Å². The molecular formula is C37H49N5O5. The highest BCUT2D eigenvalue weighted by Crippen LogP contribution is 2.74.